The van der Waals surface area contributed by atoms with Gasteiger partial charge < -0.3 is 19.8 Å². The van der Waals surface area contributed by atoms with E-state index in [1.807, 2.05) is 0 Å². The molecule has 2 heterocycles. The number of nitrogens with two attached hydrogens (primary N) is 1. The average molecular weight is 252 g/mol. The van der Waals surface area contributed by atoms with Crippen LogP contribution in [-0.2, 0) is 9.53 Å². The van der Waals surface area contributed by atoms with E-state index in [9.17, 15) is 9.59 Å². The smallest absolute Gasteiger partial charge is 0.290 e. The summed E-state index contributed by atoms with van der Waals surface area (Å²) in [5.74, 6) is -0.659. The van der Waals surface area contributed by atoms with Crippen molar-refractivity contribution in [2.24, 2.45) is 5.73 Å². The molecule has 0 aromatic carbocycles. The van der Waals surface area contributed by atoms with Crippen molar-refractivity contribution in [2.75, 3.05) is 20.3 Å². The van der Waals surface area contributed by atoms with Crippen LogP contribution in [0.1, 0.15) is 23.4 Å². The van der Waals surface area contributed by atoms with Gasteiger partial charge in [0.15, 0.2) is 5.76 Å². The standard InChI is InChI=1S/C12H16N2O4/c1-17-8-12(11(13)16)5-3-6-14(12)10(15)9-4-2-7-18-9/h2,4,7H,3,5-6,8H2,1H3,(H2,13,16). The SMILES string of the molecule is COCC1(C(N)=O)CCCN1C(=O)c1ccco1. The highest BCUT2D eigenvalue weighted by Crippen LogP contribution is 2.31. The van der Waals surface area contributed by atoms with E-state index in [1.165, 1.54) is 18.3 Å². The number of ether oxygens (including phenoxy) is 1. The van der Waals surface area contributed by atoms with E-state index >= 15 is 0 Å². The van der Waals surface area contributed by atoms with Crippen molar-refractivity contribution in [3.8, 4) is 0 Å². The number of furan rings is 1. The summed E-state index contributed by atoms with van der Waals surface area (Å²) in [6, 6.07) is 3.20. The lowest BCUT2D eigenvalue weighted by Gasteiger charge is -2.34. The second kappa shape index (κ2) is 4.81. The molecule has 1 fully saturated rings. The van der Waals surface area contributed by atoms with Gasteiger partial charge in [0.05, 0.1) is 12.9 Å². The van der Waals surface area contributed by atoms with E-state index in [2.05, 4.69) is 0 Å². The molecule has 0 saturated carbocycles. The van der Waals surface area contributed by atoms with Crippen molar-refractivity contribution in [3.05, 3.63) is 24.2 Å². The number of hydrogen-bond donors (Lipinski definition) is 1. The molecule has 6 heteroatoms. The number of amides is 2. The fourth-order valence-electron chi connectivity index (χ4n) is 2.42. The van der Waals surface area contributed by atoms with Gasteiger partial charge in [-0.15, -0.1) is 0 Å². The summed E-state index contributed by atoms with van der Waals surface area (Å²) in [6.07, 6.45) is 2.66. The number of rotatable bonds is 4. The van der Waals surface area contributed by atoms with Crippen LogP contribution >= 0.6 is 0 Å². The van der Waals surface area contributed by atoms with Crippen LogP contribution in [0.15, 0.2) is 22.8 Å². The molecule has 0 spiro atoms. The summed E-state index contributed by atoms with van der Waals surface area (Å²) < 4.78 is 10.1. The summed E-state index contributed by atoms with van der Waals surface area (Å²) in [5.41, 5.74) is 4.40. The molecule has 0 radical (unpaired) electrons. The van der Waals surface area contributed by atoms with Crippen molar-refractivity contribution in [3.63, 3.8) is 0 Å². The highest BCUT2D eigenvalue weighted by atomic mass is 16.5. The van der Waals surface area contributed by atoms with Crippen LogP contribution in [-0.4, -0.2) is 42.5 Å². The van der Waals surface area contributed by atoms with Crippen LogP contribution in [0.3, 0.4) is 0 Å². The second-order valence-corrected chi connectivity index (χ2v) is 4.37. The van der Waals surface area contributed by atoms with Crippen LogP contribution in [0.25, 0.3) is 0 Å². The summed E-state index contributed by atoms with van der Waals surface area (Å²) in [4.78, 5) is 25.4. The van der Waals surface area contributed by atoms with E-state index in [4.69, 9.17) is 14.9 Å². The number of carbonyl (C=O) groups excluding carboxylic acids is 2. The van der Waals surface area contributed by atoms with Gasteiger partial charge in [0.2, 0.25) is 5.91 Å². The molecule has 1 aromatic heterocycles. The number of methoxy groups -OCH3 is 1. The lowest BCUT2D eigenvalue weighted by atomic mass is 9.96. The van der Waals surface area contributed by atoms with Gasteiger partial charge in [-0.1, -0.05) is 0 Å². The van der Waals surface area contributed by atoms with Gasteiger partial charge >= 0.3 is 0 Å². The van der Waals surface area contributed by atoms with Gasteiger partial charge in [-0.3, -0.25) is 9.59 Å². The minimum Gasteiger partial charge on any atom is -0.459 e. The first-order valence-corrected chi connectivity index (χ1v) is 5.76. The normalized spacial score (nSPS) is 23.3. The molecule has 2 N–H and O–H groups in total. The Kier molecular flexibility index (Phi) is 3.38. The van der Waals surface area contributed by atoms with Crippen LogP contribution in [0.5, 0.6) is 0 Å². The summed E-state index contributed by atoms with van der Waals surface area (Å²) in [5, 5.41) is 0. The molecule has 18 heavy (non-hydrogen) atoms. The first-order valence-electron chi connectivity index (χ1n) is 5.76. The van der Waals surface area contributed by atoms with E-state index in [0.29, 0.717) is 13.0 Å². The maximum absolute atomic E-state index is 12.3. The zero-order valence-corrected chi connectivity index (χ0v) is 10.2. The largest absolute Gasteiger partial charge is 0.459 e. The Hall–Kier alpha value is -1.82. The number of likely N-dealkylation sites (tertiary alicyclic amines) is 1. The molecule has 0 bridgehead atoms. The van der Waals surface area contributed by atoms with Gasteiger partial charge in [-0.2, -0.15) is 0 Å². The maximum atomic E-state index is 12.3. The molecule has 1 aliphatic rings. The Morgan fingerprint density at radius 1 is 1.61 bits per heavy atom. The van der Waals surface area contributed by atoms with Gasteiger partial charge in [0.1, 0.15) is 5.54 Å². The topological polar surface area (TPSA) is 85.8 Å². The zero-order chi connectivity index (χ0) is 13.2. The fraction of sp³-hybridized carbons (Fsp3) is 0.500. The monoisotopic (exact) mass is 252 g/mol. The van der Waals surface area contributed by atoms with E-state index in [0.717, 1.165) is 6.42 Å². The molecular weight excluding hydrogens is 236 g/mol. The molecule has 1 aliphatic heterocycles. The summed E-state index contributed by atoms with van der Waals surface area (Å²) in [7, 11) is 1.48. The molecule has 2 amide bonds. The predicted molar refractivity (Wildman–Crippen MR) is 62.8 cm³/mol. The molecule has 1 saturated heterocycles. The predicted octanol–water partition coefficient (Wildman–Crippen LogP) is 0.386. The number of hydrogen-bond acceptors (Lipinski definition) is 4. The second-order valence-electron chi connectivity index (χ2n) is 4.37. The molecule has 98 valence electrons. The minimum atomic E-state index is -1.06. The van der Waals surface area contributed by atoms with E-state index in [-0.39, 0.29) is 18.3 Å². The average Bonchev–Trinajstić information content (AvgIpc) is 2.98. The van der Waals surface area contributed by atoms with Crippen molar-refractivity contribution in [1.29, 1.82) is 0 Å². The highest BCUT2D eigenvalue weighted by molar-refractivity contribution is 5.97. The summed E-state index contributed by atoms with van der Waals surface area (Å²) in [6.45, 7) is 0.584. The number of primary amides is 1. The molecule has 1 aromatic rings. The quantitative estimate of drug-likeness (QED) is 0.839. The Morgan fingerprint density at radius 2 is 2.39 bits per heavy atom. The Labute approximate surface area is 105 Å². The summed E-state index contributed by atoms with van der Waals surface area (Å²) >= 11 is 0. The van der Waals surface area contributed by atoms with Crippen molar-refractivity contribution < 1.29 is 18.7 Å². The fourth-order valence-corrected chi connectivity index (χ4v) is 2.42. The minimum absolute atomic E-state index is 0.106. The van der Waals surface area contributed by atoms with Crippen molar-refractivity contribution in [2.45, 2.75) is 18.4 Å². The Bertz CT molecular complexity index is 443. The van der Waals surface area contributed by atoms with Gasteiger partial charge in [-0.05, 0) is 25.0 Å². The van der Waals surface area contributed by atoms with Crippen LogP contribution < -0.4 is 5.73 Å². The molecule has 0 aliphatic carbocycles. The third-order valence-electron chi connectivity index (χ3n) is 3.31. The first kappa shape index (κ1) is 12.6. The van der Waals surface area contributed by atoms with Crippen molar-refractivity contribution >= 4 is 11.8 Å². The number of nitrogens with zero attached hydrogens (tertiary/aromatic N) is 1. The number of carbonyl (C=O) groups is 2. The third-order valence-corrected chi connectivity index (χ3v) is 3.31. The molecule has 2 rings (SSSR count). The lowest BCUT2D eigenvalue weighted by molar-refractivity contribution is -0.130. The molecular formula is C12H16N2O4. The zero-order valence-electron chi connectivity index (χ0n) is 10.2. The van der Waals surface area contributed by atoms with Crippen LogP contribution in [0.4, 0.5) is 0 Å². The van der Waals surface area contributed by atoms with Gasteiger partial charge in [-0.25, -0.2) is 0 Å². The molecule has 1 unspecified atom stereocenters. The first-order chi connectivity index (χ1) is 8.62. The van der Waals surface area contributed by atoms with Gasteiger partial charge in [0, 0.05) is 13.7 Å². The maximum Gasteiger partial charge on any atom is 0.290 e. The molecule has 6 nitrogen and oxygen atoms in total. The Morgan fingerprint density at radius 3 is 2.94 bits per heavy atom. The lowest BCUT2D eigenvalue weighted by Crippen LogP contribution is -2.58. The van der Waals surface area contributed by atoms with Crippen LogP contribution in [0, 0.1) is 0 Å². The Balaban J connectivity index is 2.30. The van der Waals surface area contributed by atoms with Crippen molar-refractivity contribution in [1.82, 2.24) is 4.90 Å². The van der Waals surface area contributed by atoms with E-state index in [1.54, 1.807) is 12.1 Å². The van der Waals surface area contributed by atoms with Gasteiger partial charge in [0.25, 0.3) is 5.91 Å². The third kappa shape index (κ3) is 1.88. The highest BCUT2D eigenvalue weighted by Gasteiger charge is 2.49. The van der Waals surface area contributed by atoms with E-state index < -0.39 is 11.4 Å². The molecule has 1 atom stereocenters. The van der Waals surface area contributed by atoms with Crippen LogP contribution in [0.2, 0.25) is 0 Å².